The van der Waals surface area contributed by atoms with E-state index < -0.39 is 0 Å². The molecule has 8 heteroatoms. The molecule has 29 heavy (non-hydrogen) atoms. The van der Waals surface area contributed by atoms with Crippen LogP contribution >= 0.6 is 11.3 Å². The van der Waals surface area contributed by atoms with Crippen LogP contribution in [0.3, 0.4) is 0 Å². The smallest absolute Gasteiger partial charge is 0.271 e. The number of carbonyl (C=O) groups excluding carboxylic acids is 1. The Bertz CT molecular complexity index is 985. The Morgan fingerprint density at radius 2 is 2.21 bits per heavy atom. The van der Waals surface area contributed by atoms with E-state index in [4.69, 9.17) is 14.2 Å². The number of hydrogen-bond acceptors (Lipinski definition) is 7. The van der Waals surface area contributed by atoms with Crippen LogP contribution in [0.1, 0.15) is 40.0 Å². The number of aromatic nitrogens is 2. The molecular weight excluding hydrogens is 390 g/mol. The first-order chi connectivity index (χ1) is 14.2. The molecular formula is C21H21N3O4S. The Hall–Kier alpha value is -2.97. The summed E-state index contributed by atoms with van der Waals surface area (Å²) in [5.74, 6) is 1.50. The van der Waals surface area contributed by atoms with Gasteiger partial charge in [-0.05, 0) is 31.0 Å². The van der Waals surface area contributed by atoms with Gasteiger partial charge in [-0.3, -0.25) is 4.79 Å². The number of pyridine rings is 1. The summed E-state index contributed by atoms with van der Waals surface area (Å²) in [6.07, 6.45) is 3.65. The third-order valence-corrected chi connectivity index (χ3v) is 5.44. The molecule has 1 aromatic carbocycles. The van der Waals surface area contributed by atoms with Gasteiger partial charge >= 0.3 is 0 Å². The zero-order valence-electron chi connectivity index (χ0n) is 16.0. The molecule has 1 unspecified atom stereocenters. The number of nitrogens with zero attached hydrogens (tertiary/aromatic N) is 2. The van der Waals surface area contributed by atoms with Gasteiger partial charge in [0, 0.05) is 36.4 Å². The summed E-state index contributed by atoms with van der Waals surface area (Å²) >= 11 is 1.46. The predicted octanol–water partition coefficient (Wildman–Crippen LogP) is 4.12. The molecule has 1 aliphatic rings. The van der Waals surface area contributed by atoms with Crippen LogP contribution in [0.25, 0.3) is 0 Å². The summed E-state index contributed by atoms with van der Waals surface area (Å²) in [6, 6.07) is 10.9. The van der Waals surface area contributed by atoms with Crippen molar-refractivity contribution in [2.24, 2.45) is 0 Å². The van der Waals surface area contributed by atoms with E-state index in [0.29, 0.717) is 23.1 Å². The molecule has 0 bridgehead atoms. The molecule has 7 nitrogen and oxygen atoms in total. The molecule has 3 aromatic rings. The fourth-order valence-corrected chi connectivity index (χ4v) is 3.89. The highest BCUT2D eigenvalue weighted by Gasteiger charge is 2.22. The van der Waals surface area contributed by atoms with E-state index >= 15 is 0 Å². The normalized spacial score (nSPS) is 15.8. The summed E-state index contributed by atoms with van der Waals surface area (Å²) in [5, 5.41) is 5.51. The lowest BCUT2D eigenvalue weighted by Gasteiger charge is -2.11. The van der Waals surface area contributed by atoms with Gasteiger partial charge in [0.05, 0.1) is 7.11 Å². The second kappa shape index (κ2) is 9.02. The highest BCUT2D eigenvalue weighted by Crippen LogP contribution is 2.30. The van der Waals surface area contributed by atoms with E-state index in [1.54, 1.807) is 30.8 Å². The summed E-state index contributed by atoms with van der Waals surface area (Å²) in [6.45, 7) is 1.03. The van der Waals surface area contributed by atoms with Crippen molar-refractivity contribution in [2.45, 2.75) is 25.5 Å². The molecule has 1 fully saturated rings. The number of rotatable bonds is 7. The number of hydrogen-bond donors (Lipinski definition) is 1. The minimum atomic E-state index is -0.235. The summed E-state index contributed by atoms with van der Waals surface area (Å²) < 4.78 is 16.7. The monoisotopic (exact) mass is 411 g/mol. The van der Waals surface area contributed by atoms with Gasteiger partial charge in [-0.1, -0.05) is 12.1 Å². The van der Waals surface area contributed by atoms with Crippen molar-refractivity contribution in [1.82, 2.24) is 15.3 Å². The quantitative estimate of drug-likeness (QED) is 0.630. The first kappa shape index (κ1) is 19.4. The Morgan fingerprint density at radius 1 is 1.31 bits per heavy atom. The van der Waals surface area contributed by atoms with Gasteiger partial charge in [0.25, 0.3) is 5.91 Å². The van der Waals surface area contributed by atoms with Crippen LogP contribution in [-0.4, -0.2) is 29.6 Å². The molecule has 1 N–H and O–H groups in total. The summed E-state index contributed by atoms with van der Waals surface area (Å²) in [4.78, 5) is 21.2. The number of benzene rings is 1. The minimum absolute atomic E-state index is 0.0164. The van der Waals surface area contributed by atoms with Crippen molar-refractivity contribution >= 4 is 17.2 Å². The van der Waals surface area contributed by atoms with Crippen LogP contribution in [0.2, 0.25) is 0 Å². The molecule has 0 aliphatic carbocycles. The van der Waals surface area contributed by atoms with Crippen LogP contribution in [-0.2, 0) is 11.3 Å². The highest BCUT2D eigenvalue weighted by atomic mass is 32.1. The van der Waals surface area contributed by atoms with Crippen molar-refractivity contribution in [3.63, 3.8) is 0 Å². The summed E-state index contributed by atoms with van der Waals surface area (Å²) in [5.41, 5.74) is 1.16. The number of nitrogens with one attached hydrogen (secondary N) is 1. The second-order valence-electron chi connectivity index (χ2n) is 6.50. The SMILES string of the molecule is COc1cccc(Oc2ncccc2CNC(=O)c2csc(C3CCCO3)n2)c1. The van der Waals surface area contributed by atoms with Crippen LogP contribution in [0.5, 0.6) is 17.4 Å². The second-order valence-corrected chi connectivity index (χ2v) is 7.39. The number of amides is 1. The lowest BCUT2D eigenvalue weighted by atomic mass is 10.2. The molecule has 0 saturated carbocycles. The van der Waals surface area contributed by atoms with Gasteiger partial charge in [0.1, 0.15) is 28.3 Å². The summed E-state index contributed by atoms with van der Waals surface area (Å²) in [7, 11) is 1.60. The van der Waals surface area contributed by atoms with E-state index in [2.05, 4.69) is 15.3 Å². The van der Waals surface area contributed by atoms with Gasteiger partial charge in [-0.2, -0.15) is 0 Å². The maximum atomic E-state index is 12.5. The molecule has 1 aliphatic heterocycles. The molecule has 150 valence electrons. The topological polar surface area (TPSA) is 82.6 Å². The molecule has 0 spiro atoms. The van der Waals surface area contributed by atoms with Gasteiger partial charge in [0.2, 0.25) is 5.88 Å². The molecule has 2 aromatic heterocycles. The zero-order valence-corrected chi connectivity index (χ0v) is 16.8. The van der Waals surface area contributed by atoms with E-state index in [1.807, 2.05) is 24.3 Å². The van der Waals surface area contributed by atoms with Gasteiger partial charge in [-0.15, -0.1) is 11.3 Å². The third kappa shape index (κ3) is 4.72. The lowest BCUT2D eigenvalue weighted by Crippen LogP contribution is -2.23. The van der Waals surface area contributed by atoms with Crippen LogP contribution in [0, 0.1) is 0 Å². The first-order valence-corrected chi connectivity index (χ1v) is 10.2. The third-order valence-electron chi connectivity index (χ3n) is 4.50. The van der Waals surface area contributed by atoms with Crippen molar-refractivity contribution in [1.29, 1.82) is 0 Å². The van der Waals surface area contributed by atoms with Crippen molar-refractivity contribution in [3.8, 4) is 17.4 Å². The Balaban J connectivity index is 1.41. The molecule has 4 rings (SSSR count). The van der Waals surface area contributed by atoms with Gasteiger partial charge in [0.15, 0.2) is 0 Å². The van der Waals surface area contributed by atoms with E-state index in [9.17, 15) is 4.79 Å². The van der Waals surface area contributed by atoms with Crippen LogP contribution in [0.4, 0.5) is 0 Å². The fraction of sp³-hybridized carbons (Fsp3) is 0.286. The lowest BCUT2D eigenvalue weighted by molar-refractivity contribution is 0.0943. The number of thiazole rings is 1. The standard InChI is InChI=1S/C21H21N3O4S/c1-26-15-6-2-7-16(11-15)28-20-14(5-3-9-22-20)12-23-19(25)17-13-29-21(24-17)18-8-4-10-27-18/h2-3,5-7,9,11,13,18H,4,8,10,12H2,1H3,(H,23,25). The van der Waals surface area contributed by atoms with E-state index in [1.165, 1.54) is 11.3 Å². The van der Waals surface area contributed by atoms with Crippen LogP contribution in [0.15, 0.2) is 48.0 Å². The molecule has 1 saturated heterocycles. The van der Waals surface area contributed by atoms with Crippen LogP contribution < -0.4 is 14.8 Å². The van der Waals surface area contributed by atoms with E-state index in [0.717, 1.165) is 30.0 Å². The van der Waals surface area contributed by atoms with E-state index in [-0.39, 0.29) is 18.6 Å². The van der Waals surface area contributed by atoms with Gasteiger partial charge < -0.3 is 19.5 Å². The average Bonchev–Trinajstić information content (AvgIpc) is 3.45. The zero-order chi connectivity index (χ0) is 20.1. The Kier molecular flexibility index (Phi) is 6.02. The number of methoxy groups -OCH3 is 1. The maximum Gasteiger partial charge on any atom is 0.271 e. The number of ether oxygens (including phenoxy) is 3. The molecule has 1 atom stereocenters. The van der Waals surface area contributed by atoms with Crippen molar-refractivity contribution in [2.75, 3.05) is 13.7 Å². The van der Waals surface area contributed by atoms with Crippen molar-refractivity contribution < 1.29 is 19.0 Å². The minimum Gasteiger partial charge on any atom is -0.497 e. The predicted molar refractivity (Wildman–Crippen MR) is 109 cm³/mol. The van der Waals surface area contributed by atoms with Gasteiger partial charge in [-0.25, -0.2) is 9.97 Å². The maximum absolute atomic E-state index is 12.5. The average molecular weight is 411 g/mol. The molecule has 1 amide bonds. The Morgan fingerprint density at radius 3 is 3.03 bits per heavy atom. The fourth-order valence-electron chi connectivity index (χ4n) is 3.01. The Labute approximate surface area is 172 Å². The highest BCUT2D eigenvalue weighted by molar-refractivity contribution is 7.09. The largest absolute Gasteiger partial charge is 0.497 e. The molecule has 0 radical (unpaired) electrons. The van der Waals surface area contributed by atoms with Crippen molar-refractivity contribution in [3.05, 3.63) is 64.2 Å². The molecule has 3 heterocycles. The first-order valence-electron chi connectivity index (χ1n) is 9.34. The number of carbonyl (C=O) groups is 1.